The zero-order valence-electron chi connectivity index (χ0n) is 29.4. The number of allylic oxidation sites excluding steroid dienone is 2. The van der Waals surface area contributed by atoms with Crippen LogP contribution in [-0.2, 0) is 43.0 Å². The Balaban J connectivity index is 1.43. The van der Waals surface area contributed by atoms with Gasteiger partial charge in [-0.3, -0.25) is 24.0 Å². The quantitative estimate of drug-likeness (QED) is 0.167. The average Bonchev–Trinajstić information content (AvgIpc) is 3.62. The Morgan fingerprint density at radius 2 is 1.71 bits per heavy atom. The number of ketones is 2. The van der Waals surface area contributed by atoms with Crippen molar-refractivity contribution in [2.24, 2.45) is 57.2 Å². The first-order valence-corrected chi connectivity index (χ1v) is 17.5. The number of carboxylic acids is 1. The van der Waals surface area contributed by atoms with E-state index >= 15 is 0 Å². The molecule has 48 heavy (non-hydrogen) atoms. The lowest BCUT2D eigenvalue weighted by molar-refractivity contribution is -0.305. The third kappa shape index (κ3) is 5.55. The lowest BCUT2D eigenvalue weighted by atomic mass is 9.43. The number of carboxylic acid groups (broad SMARTS) is 1. The van der Waals surface area contributed by atoms with Gasteiger partial charge in [0.25, 0.3) is 0 Å². The molecule has 10 heteroatoms. The van der Waals surface area contributed by atoms with Crippen LogP contribution < -0.4 is 5.11 Å². The van der Waals surface area contributed by atoms with E-state index in [2.05, 4.69) is 33.4 Å². The lowest BCUT2D eigenvalue weighted by Crippen LogP contribution is -2.56. The van der Waals surface area contributed by atoms with Crippen LogP contribution in [0.5, 0.6) is 0 Å². The molecule has 0 aliphatic heterocycles. The van der Waals surface area contributed by atoms with E-state index in [1.807, 2.05) is 13.0 Å². The van der Waals surface area contributed by atoms with Gasteiger partial charge in [-0.25, -0.2) is 0 Å². The number of rotatable bonds is 12. The van der Waals surface area contributed by atoms with Crippen LogP contribution in [0.1, 0.15) is 99.8 Å². The Morgan fingerprint density at radius 3 is 2.33 bits per heavy atom. The number of carbonyl (C=O) groups excluding carboxylic acids is 6. The van der Waals surface area contributed by atoms with Gasteiger partial charge >= 0.3 is 17.9 Å². The van der Waals surface area contributed by atoms with Crippen LogP contribution in [0, 0.1) is 57.2 Å². The van der Waals surface area contributed by atoms with Crippen LogP contribution in [0.25, 0.3) is 0 Å². The number of Topliss-reactive ketones (excluding diaryl/α,β-unsaturated/α-hetero) is 1. The fourth-order valence-electron chi connectivity index (χ4n) is 11.4. The molecule has 0 amide bonds. The molecule has 0 radical (unpaired) electrons. The molecule has 0 bridgehead atoms. The first-order valence-electron chi connectivity index (χ1n) is 17.5. The molecule has 264 valence electrons. The van der Waals surface area contributed by atoms with E-state index in [-0.39, 0.29) is 57.9 Å². The highest BCUT2D eigenvalue weighted by Crippen LogP contribution is 2.87. The van der Waals surface area contributed by atoms with Crippen molar-refractivity contribution < 1.29 is 48.1 Å². The van der Waals surface area contributed by atoms with Crippen molar-refractivity contribution in [1.29, 1.82) is 0 Å². The topological polar surface area (TPSA) is 153 Å². The first-order chi connectivity index (χ1) is 22.3. The van der Waals surface area contributed by atoms with Crippen molar-refractivity contribution >= 4 is 35.4 Å². The summed E-state index contributed by atoms with van der Waals surface area (Å²) < 4.78 is 17.1. The summed E-state index contributed by atoms with van der Waals surface area (Å²) in [6.07, 6.45) is 6.97. The number of ether oxygens (including phenoxy) is 3. The Bertz CT molecular complexity index is 1450. The summed E-state index contributed by atoms with van der Waals surface area (Å²) in [6.45, 7) is 16.6. The van der Waals surface area contributed by atoms with Crippen molar-refractivity contribution in [2.45, 2.75) is 112 Å². The standard InChI is InChI=1S/C38H52O10/c1-20(18-46-31(44)12-11-30(42)43)21(2)33(45)34(48-25(6)40)23(4)32-28(47-24(5)39)17-36(8)29-10-9-26-22(3)27(41)13-14-37(26)19-38(29,37)16-15-35(32,36)7/h13-14,20,22-23,26,28-29,32,34H,2,9-12,15-19H2,1,3-8H3,(H,42,43)/p-1/t20-,22-,23-,26?,28-,29?,32-,34+,35+,36-,37+,38-/m0/s1. The molecule has 5 rings (SSSR count). The fourth-order valence-corrected chi connectivity index (χ4v) is 11.4. The molecule has 5 aliphatic carbocycles. The summed E-state index contributed by atoms with van der Waals surface area (Å²) in [5.74, 6) is -4.19. The van der Waals surface area contributed by atoms with Gasteiger partial charge in [-0.15, -0.1) is 0 Å². The molecule has 0 heterocycles. The summed E-state index contributed by atoms with van der Waals surface area (Å²) in [7, 11) is 0. The minimum absolute atomic E-state index is 0.0122. The first kappa shape index (κ1) is 36.0. The van der Waals surface area contributed by atoms with Gasteiger partial charge in [-0.2, -0.15) is 0 Å². The highest BCUT2D eigenvalue weighted by molar-refractivity contribution is 6.00. The van der Waals surface area contributed by atoms with E-state index in [1.54, 1.807) is 6.92 Å². The van der Waals surface area contributed by atoms with Crippen molar-refractivity contribution in [2.75, 3.05) is 6.61 Å². The molecule has 2 unspecified atom stereocenters. The largest absolute Gasteiger partial charge is 0.550 e. The monoisotopic (exact) mass is 667 g/mol. The van der Waals surface area contributed by atoms with Gasteiger partial charge in [-0.1, -0.05) is 47.3 Å². The van der Waals surface area contributed by atoms with E-state index in [9.17, 15) is 33.9 Å². The van der Waals surface area contributed by atoms with Gasteiger partial charge in [0.2, 0.25) is 0 Å². The van der Waals surface area contributed by atoms with Crippen LogP contribution in [-0.4, -0.2) is 54.3 Å². The van der Waals surface area contributed by atoms with Crippen molar-refractivity contribution in [3.8, 4) is 0 Å². The molecular formula is C38H51O10-. The average molecular weight is 668 g/mol. The molecular weight excluding hydrogens is 616 g/mol. The highest BCUT2D eigenvalue weighted by atomic mass is 16.6. The van der Waals surface area contributed by atoms with Crippen LogP contribution in [0.3, 0.4) is 0 Å². The molecule has 5 aliphatic rings. The molecule has 12 atom stereocenters. The maximum Gasteiger partial charge on any atom is 0.306 e. The summed E-state index contributed by atoms with van der Waals surface area (Å²) in [6, 6.07) is 0. The predicted octanol–water partition coefficient (Wildman–Crippen LogP) is 4.32. The van der Waals surface area contributed by atoms with Crippen LogP contribution in [0.2, 0.25) is 0 Å². The molecule has 2 spiro atoms. The number of esters is 3. The summed E-state index contributed by atoms with van der Waals surface area (Å²) in [4.78, 5) is 74.5. The number of aliphatic carboxylic acids is 1. The molecule has 4 fully saturated rings. The van der Waals surface area contributed by atoms with Crippen molar-refractivity contribution in [3.63, 3.8) is 0 Å². The Labute approximate surface area is 283 Å². The number of fused-ring (bicyclic) bond motifs is 2. The fraction of sp³-hybridized carbons (Fsp3) is 0.737. The molecule has 0 N–H and O–H groups in total. The number of hydrogen-bond acceptors (Lipinski definition) is 10. The van der Waals surface area contributed by atoms with Crippen LogP contribution in [0.4, 0.5) is 0 Å². The zero-order chi connectivity index (χ0) is 35.6. The third-order valence-electron chi connectivity index (χ3n) is 13.9. The van der Waals surface area contributed by atoms with Gasteiger partial charge < -0.3 is 24.1 Å². The van der Waals surface area contributed by atoms with Gasteiger partial charge in [0.1, 0.15) is 6.10 Å². The Hall–Kier alpha value is -3.30. The molecule has 4 saturated carbocycles. The molecule has 0 saturated heterocycles. The molecule has 0 aromatic heterocycles. The maximum atomic E-state index is 14.1. The molecule has 0 aromatic rings. The SMILES string of the molecule is C=C(C(=O)[C@H](OC(C)=O)[C@@H](C)[C@H]1[C@@H](OC(C)=O)C[C@@]2(C)C3CCC4[C@H](C)C(=O)C=C[C@@]45C[C@@]35CC[C@]12C)[C@@H](C)COC(=O)CCC(=O)[O-]. The van der Waals surface area contributed by atoms with E-state index < -0.39 is 60.1 Å². The predicted molar refractivity (Wildman–Crippen MR) is 171 cm³/mol. The van der Waals surface area contributed by atoms with E-state index in [4.69, 9.17) is 14.2 Å². The van der Waals surface area contributed by atoms with E-state index in [0.717, 1.165) is 32.1 Å². The smallest absolute Gasteiger partial charge is 0.306 e. The second-order valence-electron chi connectivity index (χ2n) is 16.1. The van der Waals surface area contributed by atoms with E-state index in [0.29, 0.717) is 18.3 Å². The maximum absolute atomic E-state index is 14.1. The second-order valence-corrected chi connectivity index (χ2v) is 16.1. The summed E-state index contributed by atoms with van der Waals surface area (Å²) in [5, 5.41) is 10.7. The zero-order valence-corrected chi connectivity index (χ0v) is 29.4. The van der Waals surface area contributed by atoms with Crippen molar-refractivity contribution in [1.82, 2.24) is 0 Å². The normalized spacial score (nSPS) is 39.3. The lowest BCUT2D eigenvalue weighted by Gasteiger charge is -2.61. The third-order valence-corrected chi connectivity index (χ3v) is 13.9. The molecule has 0 aromatic carbocycles. The van der Waals surface area contributed by atoms with Crippen LogP contribution in [0.15, 0.2) is 24.3 Å². The van der Waals surface area contributed by atoms with Gasteiger partial charge in [-0.05, 0) is 90.1 Å². The minimum atomic E-state index is -1.36. The summed E-state index contributed by atoms with van der Waals surface area (Å²) >= 11 is 0. The van der Waals surface area contributed by atoms with Crippen molar-refractivity contribution in [3.05, 3.63) is 24.3 Å². The Morgan fingerprint density at radius 1 is 1.02 bits per heavy atom. The van der Waals surface area contributed by atoms with Gasteiger partial charge in [0.15, 0.2) is 17.7 Å². The molecule has 10 nitrogen and oxygen atoms in total. The second kappa shape index (κ2) is 12.5. The highest BCUT2D eigenvalue weighted by Gasteiger charge is 2.81. The van der Waals surface area contributed by atoms with Gasteiger partial charge in [0.05, 0.1) is 13.0 Å². The van der Waals surface area contributed by atoms with Gasteiger partial charge in [0, 0.05) is 43.5 Å². The van der Waals surface area contributed by atoms with E-state index in [1.165, 1.54) is 13.8 Å². The number of hydrogen-bond donors (Lipinski definition) is 0. The van der Waals surface area contributed by atoms with Crippen LogP contribution >= 0.6 is 0 Å². The number of carbonyl (C=O) groups is 6. The minimum Gasteiger partial charge on any atom is -0.550 e. The summed E-state index contributed by atoms with van der Waals surface area (Å²) in [5.41, 5.74) is -0.387. The Kier molecular flexibility index (Phi) is 9.41.